The van der Waals surface area contributed by atoms with Crippen LogP contribution in [0.5, 0.6) is 0 Å². The number of hydrogen-bond donors (Lipinski definition) is 2. The van der Waals surface area contributed by atoms with Gasteiger partial charge in [-0.3, -0.25) is 15.0 Å². The predicted molar refractivity (Wildman–Crippen MR) is 94.6 cm³/mol. The molecule has 146 valence electrons. The molecule has 0 bridgehead atoms. The second-order valence-electron chi connectivity index (χ2n) is 6.39. The lowest BCUT2D eigenvalue weighted by molar-refractivity contribution is -0.384. The normalized spacial score (nSPS) is 19.6. The van der Waals surface area contributed by atoms with Crippen molar-refractivity contribution < 1.29 is 18.1 Å². The Kier molecular flexibility index (Phi) is 4.66. The Labute approximate surface area is 156 Å². The molecule has 8 nitrogen and oxygen atoms in total. The van der Waals surface area contributed by atoms with Crippen molar-refractivity contribution in [2.45, 2.75) is 43.9 Å². The molecule has 4 N–H and O–H groups in total. The third-order valence-corrected chi connectivity index (χ3v) is 4.97. The highest BCUT2D eigenvalue weighted by Crippen LogP contribution is 2.46. The number of hydrogen-bond acceptors (Lipinski definition) is 7. The molecule has 1 fully saturated rings. The van der Waals surface area contributed by atoms with E-state index in [2.05, 4.69) is 9.98 Å². The van der Waals surface area contributed by atoms with Gasteiger partial charge in [0.25, 0.3) is 5.69 Å². The van der Waals surface area contributed by atoms with Gasteiger partial charge in [-0.2, -0.15) is 18.2 Å². The van der Waals surface area contributed by atoms with E-state index in [0.29, 0.717) is 37.8 Å². The smallest absolute Gasteiger partial charge is 0.369 e. The molecular formula is C15H16ClF3N6O2. The summed E-state index contributed by atoms with van der Waals surface area (Å²) < 4.78 is 40.0. The predicted octanol–water partition coefficient (Wildman–Crippen LogP) is 3.38. The highest BCUT2D eigenvalue weighted by molar-refractivity contribution is 6.32. The summed E-state index contributed by atoms with van der Waals surface area (Å²) >= 11 is 5.65. The largest absolute Gasteiger partial charge is 0.417 e. The van der Waals surface area contributed by atoms with E-state index in [9.17, 15) is 23.3 Å². The average Bonchev–Trinajstić information content (AvgIpc) is 2.54. The van der Waals surface area contributed by atoms with Crippen LogP contribution < -0.4 is 16.4 Å². The topological polar surface area (TPSA) is 123 Å². The molecule has 1 spiro atoms. The number of anilines is 1. The fourth-order valence-corrected chi connectivity index (χ4v) is 3.83. The third kappa shape index (κ3) is 3.38. The molecule has 0 saturated heterocycles. The number of nitrogens with two attached hydrogens (primary N) is 2. The number of alkyl halides is 3. The van der Waals surface area contributed by atoms with Crippen LogP contribution in [0, 0.1) is 10.1 Å². The van der Waals surface area contributed by atoms with Crippen LogP contribution in [0.4, 0.5) is 24.5 Å². The van der Waals surface area contributed by atoms with Crippen molar-refractivity contribution in [3.63, 3.8) is 0 Å². The molecule has 0 amide bonds. The van der Waals surface area contributed by atoms with Crippen LogP contribution in [0.15, 0.2) is 22.1 Å². The minimum Gasteiger partial charge on any atom is -0.369 e. The van der Waals surface area contributed by atoms with Gasteiger partial charge in [0.15, 0.2) is 0 Å². The van der Waals surface area contributed by atoms with E-state index in [4.69, 9.17) is 23.1 Å². The lowest BCUT2D eigenvalue weighted by atomic mass is 9.87. The van der Waals surface area contributed by atoms with Crippen molar-refractivity contribution in [3.8, 4) is 0 Å². The minimum atomic E-state index is -4.80. The Morgan fingerprint density at radius 3 is 2.41 bits per heavy atom. The van der Waals surface area contributed by atoms with Crippen molar-refractivity contribution >= 4 is 34.9 Å². The highest BCUT2D eigenvalue weighted by Gasteiger charge is 2.46. The van der Waals surface area contributed by atoms with Gasteiger partial charge < -0.3 is 11.5 Å². The zero-order valence-corrected chi connectivity index (χ0v) is 14.7. The standard InChI is InChI=1S/C15H16ClF3N6O2/c16-9-7-11(25(26)27)10(6-8(9)15(17,18)19)24-13(21)22-12(20)23-14(24)4-2-1-3-5-14/h6-7H,1-5H2,(H4,20,21,22,23). The molecule has 0 unspecified atom stereocenters. The average molecular weight is 405 g/mol. The molecule has 1 saturated carbocycles. The number of aliphatic imine (C=N–C) groups is 2. The number of nitro groups is 1. The first-order valence-electron chi connectivity index (χ1n) is 8.10. The molecule has 2 aliphatic rings. The lowest BCUT2D eigenvalue weighted by Crippen LogP contribution is -2.58. The summed E-state index contributed by atoms with van der Waals surface area (Å²) in [5, 5.41) is 10.7. The van der Waals surface area contributed by atoms with E-state index >= 15 is 0 Å². The Balaban J connectivity index is 2.26. The van der Waals surface area contributed by atoms with Crippen LogP contribution in [0.2, 0.25) is 5.02 Å². The number of benzene rings is 1. The fourth-order valence-electron chi connectivity index (χ4n) is 3.56. The van der Waals surface area contributed by atoms with Crippen molar-refractivity contribution in [1.29, 1.82) is 0 Å². The molecule has 1 aromatic rings. The van der Waals surface area contributed by atoms with E-state index in [-0.39, 0.29) is 17.6 Å². The molecule has 12 heteroatoms. The number of nitro benzene ring substituents is 1. The molecule has 3 rings (SSSR count). The summed E-state index contributed by atoms with van der Waals surface area (Å²) in [6.45, 7) is 0. The first-order valence-corrected chi connectivity index (χ1v) is 8.48. The maximum atomic E-state index is 13.3. The van der Waals surface area contributed by atoms with E-state index in [0.717, 1.165) is 6.42 Å². The SMILES string of the molecule is NC1=NC2(CCCCC2)N(c2cc(C(F)(F)F)c(Cl)cc2[N+](=O)[O-])C(N)=N1. The Hall–Kier alpha value is -2.56. The van der Waals surface area contributed by atoms with Crippen molar-refractivity contribution in [1.82, 2.24) is 0 Å². The van der Waals surface area contributed by atoms with E-state index in [1.165, 1.54) is 4.90 Å². The number of rotatable bonds is 2. The summed E-state index contributed by atoms with van der Waals surface area (Å²) in [4.78, 5) is 20.0. The molecule has 1 aliphatic heterocycles. The van der Waals surface area contributed by atoms with Crippen LogP contribution >= 0.6 is 11.6 Å². The quantitative estimate of drug-likeness (QED) is 0.577. The Bertz CT molecular complexity index is 849. The Morgan fingerprint density at radius 2 is 1.85 bits per heavy atom. The van der Waals surface area contributed by atoms with Crippen LogP contribution in [-0.2, 0) is 6.18 Å². The van der Waals surface area contributed by atoms with Crippen molar-refractivity contribution in [3.05, 3.63) is 32.8 Å². The number of halogens is 4. The van der Waals surface area contributed by atoms with Gasteiger partial charge in [-0.1, -0.05) is 18.0 Å². The molecule has 1 heterocycles. The fraction of sp³-hybridized carbons (Fsp3) is 0.467. The van der Waals surface area contributed by atoms with Gasteiger partial charge in [0.2, 0.25) is 11.9 Å². The van der Waals surface area contributed by atoms with Crippen LogP contribution in [-0.4, -0.2) is 22.5 Å². The molecule has 27 heavy (non-hydrogen) atoms. The van der Waals surface area contributed by atoms with Crippen molar-refractivity contribution in [2.75, 3.05) is 4.90 Å². The second-order valence-corrected chi connectivity index (χ2v) is 6.80. The van der Waals surface area contributed by atoms with Gasteiger partial charge in [0, 0.05) is 6.07 Å². The van der Waals surface area contributed by atoms with Crippen molar-refractivity contribution in [2.24, 2.45) is 21.5 Å². The zero-order valence-electron chi connectivity index (χ0n) is 14.0. The van der Waals surface area contributed by atoms with Crippen LogP contribution in [0.1, 0.15) is 37.7 Å². The highest BCUT2D eigenvalue weighted by atomic mass is 35.5. The second kappa shape index (κ2) is 6.55. The molecule has 0 aromatic heterocycles. The summed E-state index contributed by atoms with van der Waals surface area (Å²) in [6, 6.07) is 1.29. The molecule has 1 aliphatic carbocycles. The molecular weight excluding hydrogens is 389 g/mol. The maximum absolute atomic E-state index is 13.3. The summed E-state index contributed by atoms with van der Waals surface area (Å²) in [7, 11) is 0. The third-order valence-electron chi connectivity index (χ3n) is 4.66. The van der Waals surface area contributed by atoms with Crippen LogP contribution in [0.3, 0.4) is 0 Å². The molecule has 0 atom stereocenters. The van der Waals surface area contributed by atoms with Gasteiger partial charge in [0.1, 0.15) is 11.4 Å². The zero-order chi connectivity index (χ0) is 20.0. The number of nitrogens with zero attached hydrogens (tertiary/aromatic N) is 4. The van der Waals surface area contributed by atoms with E-state index < -0.39 is 33.0 Å². The number of guanidine groups is 2. The lowest BCUT2D eigenvalue weighted by Gasteiger charge is -2.45. The van der Waals surface area contributed by atoms with E-state index in [1.54, 1.807) is 0 Å². The minimum absolute atomic E-state index is 0.113. The maximum Gasteiger partial charge on any atom is 0.417 e. The van der Waals surface area contributed by atoms with Crippen LogP contribution in [0.25, 0.3) is 0 Å². The molecule has 1 aromatic carbocycles. The Morgan fingerprint density at radius 1 is 1.22 bits per heavy atom. The summed E-state index contributed by atoms with van der Waals surface area (Å²) in [5.74, 6) is -0.360. The summed E-state index contributed by atoms with van der Waals surface area (Å²) in [6.07, 6.45) is -1.62. The van der Waals surface area contributed by atoms with Gasteiger partial charge >= 0.3 is 6.18 Å². The van der Waals surface area contributed by atoms with Gasteiger partial charge in [-0.15, -0.1) is 0 Å². The monoisotopic (exact) mass is 404 g/mol. The van der Waals surface area contributed by atoms with E-state index in [1.807, 2.05) is 0 Å². The first kappa shape index (κ1) is 19.2. The van der Waals surface area contributed by atoms with Gasteiger partial charge in [-0.25, -0.2) is 4.99 Å². The van der Waals surface area contributed by atoms with Gasteiger partial charge in [0.05, 0.1) is 15.5 Å². The first-order chi connectivity index (χ1) is 12.5. The van der Waals surface area contributed by atoms with Gasteiger partial charge in [-0.05, 0) is 31.7 Å². The molecule has 0 radical (unpaired) electrons. The summed E-state index contributed by atoms with van der Waals surface area (Å²) in [5.41, 5.74) is 8.36.